The molecule has 0 atom stereocenters. The van der Waals surface area contributed by atoms with Crippen molar-refractivity contribution in [3.8, 4) is 0 Å². The number of pyridine rings is 1. The van der Waals surface area contributed by atoms with Gasteiger partial charge in [0.2, 0.25) is 5.91 Å². The van der Waals surface area contributed by atoms with Gasteiger partial charge in [-0.25, -0.2) is 4.98 Å². The number of nitrogens with zero attached hydrogens (tertiary/aromatic N) is 2. The number of primary amides is 1. The number of nitrogens with one attached hydrogen (secondary N) is 1. The third-order valence-electron chi connectivity index (χ3n) is 3.89. The van der Waals surface area contributed by atoms with E-state index in [1.807, 2.05) is 44.4 Å². The average Bonchev–Trinajstić information content (AvgIpc) is 2.97. The fraction of sp³-hybridized carbons (Fsp3) is 0.250. The Morgan fingerprint density at radius 3 is 2.56 bits per heavy atom. The summed E-state index contributed by atoms with van der Waals surface area (Å²) in [6.07, 6.45) is 0. The largest absolute Gasteiger partial charge is 0.366 e. The van der Waals surface area contributed by atoms with Crippen molar-refractivity contribution >= 4 is 44.3 Å². The van der Waals surface area contributed by atoms with E-state index in [0.29, 0.717) is 23.5 Å². The lowest BCUT2D eigenvalue weighted by Crippen LogP contribution is -2.17. The van der Waals surface area contributed by atoms with Gasteiger partial charge in [-0.2, -0.15) is 0 Å². The topological polar surface area (TPSA) is 90.0 Å². The smallest absolute Gasteiger partial charge is 0.276 e. The highest BCUT2D eigenvalue weighted by atomic mass is 79.9. The van der Waals surface area contributed by atoms with Crippen LogP contribution in [-0.2, 0) is 6.54 Å². The van der Waals surface area contributed by atoms with Crippen molar-refractivity contribution in [3.63, 3.8) is 0 Å². The summed E-state index contributed by atoms with van der Waals surface area (Å²) >= 11 is 3.52. The van der Waals surface area contributed by atoms with Gasteiger partial charge in [-0.15, -0.1) is 0 Å². The van der Waals surface area contributed by atoms with E-state index in [9.17, 15) is 9.59 Å². The molecule has 0 radical (unpaired) electrons. The predicted octanol–water partition coefficient (Wildman–Crippen LogP) is 4.50. The number of carbonyl (C=O) groups is 2. The van der Waals surface area contributed by atoms with Crippen LogP contribution in [-0.4, -0.2) is 21.4 Å². The Morgan fingerprint density at radius 2 is 1.93 bits per heavy atom. The predicted molar refractivity (Wildman–Crippen MR) is 112 cm³/mol. The molecule has 3 N–H and O–H groups in total. The van der Waals surface area contributed by atoms with Crippen LogP contribution in [0.15, 0.2) is 41.0 Å². The number of benzene rings is 1. The van der Waals surface area contributed by atoms with Gasteiger partial charge in [0.05, 0.1) is 10.1 Å². The number of aromatic nitrogens is 2. The number of hydrogen-bond donors (Lipinski definition) is 2. The summed E-state index contributed by atoms with van der Waals surface area (Å²) in [5.41, 5.74) is 7.97. The molecule has 0 unspecified atom stereocenters. The van der Waals surface area contributed by atoms with E-state index in [1.54, 1.807) is 24.3 Å². The monoisotopic (exact) mass is 430 g/mol. The van der Waals surface area contributed by atoms with Crippen LogP contribution in [0, 0.1) is 6.92 Å². The average molecular weight is 431 g/mol. The first kappa shape index (κ1) is 20.6. The first-order valence-corrected chi connectivity index (χ1v) is 9.57. The lowest BCUT2D eigenvalue weighted by molar-refractivity contribution is 0.0995. The number of fused-ring (bicyclic) bond motifs is 1. The second-order valence-electron chi connectivity index (χ2n) is 5.66. The SMILES string of the molecule is CC.CCn1c(Br)cc2cc(C)nc(C(=O)Nc3cccc(C(N)=O)c3)c21. The van der Waals surface area contributed by atoms with Crippen molar-refractivity contribution in [1.82, 2.24) is 9.55 Å². The number of nitrogens with two attached hydrogens (primary N) is 1. The number of carbonyl (C=O) groups excluding carboxylic acids is 2. The molecule has 2 amide bonds. The van der Waals surface area contributed by atoms with Crippen LogP contribution in [0.4, 0.5) is 5.69 Å². The zero-order valence-corrected chi connectivity index (χ0v) is 17.4. The van der Waals surface area contributed by atoms with Gasteiger partial charge >= 0.3 is 0 Å². The second kappa shape index (κ2) is 8.81. The maximum Gasteiger partial charge on any atom is 0.276 e. The number of hydrogen-bond acceptors (Lipinski definition) is 3. The van der Waals surface area contributed by atoms with Crippen LogP contribution in [0.1, 0.15) is 47.3 Å². The van der Waals surface area contributed by atoms with Gasteiger partial charge in [0.1, 0.15) is 0 Å². The lowest BCUT2D eigenvalue weighted by atomic mass is 10.1. The third-order valence-corrected chi connectivity index (χ3v) is 4.55. The third kappa shape index (κ3) is 4.36. The molecule has 1 aromatic carbocycles. The van der Waals surface area contributed by atoms with Gasteiger partial charge in [-0.1, -0.05) is 19.9 Å². The highest BCUT2D eigenvalue weighted by Gasteiger charge is 2.18. The van der Waals surface area contributed by atoms with Gasteiger partial charge < -0.3 is 15.6 Å². The van der Waals surface area contributed by atoms with Crippen LogP contribution < -0.4 is 11.1 Å². The zero-order chi connectivity index (χ0) is 20.1. The van der Waals surface area contributed by atoms with Crippen LogP contribution >= 0.6 is 15.9 Å². The molecule has 0 bridgehead atoms. The standard InChI is InChI=1S/C18H17BrN4O2.C2H6/c1-3-23-14(19)9-12-7-10(2)21-15(16(12)23)18(25)22-13-6-4-5-11(8-13)17(20)24;1-2/h4-9H,3H2,1-2H3,(H2,20,24)(H,22,25);1-2H3. The molecule has 0 aliphatic heterocycles. The molecule has 3 aromatic rings. The minimum atomic E-state index is -0.545. The number of halogens is 1. The first-order valence-electron chi connectivity index (χ1n) is 8.78. The Hall–Kier alpha value is -2.67. The molecule has 0 aliphatic rings. The van der Waals surface area contributed by atoms with E-state index in [4.69, 9.17) is 5.73 Å². The van der Waals surface area contributed by atoms with E-state index in [1.165, 1.54) is 0 Å². The van der Waals surface area contributed by atoms with Crippen LogP contribution in [0.2, 0.25) is 0 Å². The maximum atomic E-state index is 12.8. The molecular formula is C20H23BrN4O2. The van der Waals surface area contributed by atoms with Crippen molar-refractivity contribution < 1.29 is 9.59 Å². The van der Waals surface area contributed by atoms with Gasteiger partial charge in [-0.05, 0) is 60.1 Å². The molecule has 0 aliphatic carbocycles. The minimum Gasteiger partial charge on any atom is -0.366 e. The summed E-state index contributed by atoms with van der Waals surface area (Å²) in [5, 5.41) is 3.74. The molecule has 0 saturated heterocycles. The summed E-state index contributed by atoms with van der Waals surface area (Å²) in [6, 6.07) is 10.4. The highest BCUT2D eigenvalue weighted by Crippen LogP contribution is 2.27. The summed E-state index contributed by atoms with van der Waals surface area (Å²) < 4.78 is 2.87. The molecule has 0 fully saturated rings. The Morgan fingerprint density at radius 1 is 1.22 bits per heavy atom. The van der Waals surface area contributed by atoms with E-state index in [2.05, 4.69) is 26.2 Å². The molecule has 3 rings (SSSR count). The summed E-state index contributed by atoms with van der Waals surface area (Å²) in [6.45, 7) is 8.55. The molecule has 142 valence electrons. The zero-order valence-electron chi connectivity index (χ0n) is 15.8. The van der Waals surface area contributed by atoms with E-state index < -0.39 is 5.91 Å². The quantitative estimate of drug-likeness (QED) is 0.637. The number of rotatable bonds is 4. The van der Waals surface area contributed by atoms with Crippen molar-refractivity contribution in [3.05, 3.63) is 58.0 Å². The minimum absolute atomic E-state index is 0.333. The number of aryl methyl sites for hydroxylation is 2. The molecule has 27 heavy (non-hydrogen) atoms. The fourth-order valence-electron chi connectivity index (χ4n) is 2.81. The number of amides is 2. The molecule has 0 saturated carbocycles. The Balaban J connectivity index is 0.00000126. The molecule has 2 aromatic heterocycles. The molecule has 2 heterocycles. The molecule has 6 nitrogen and oxygen atoms in total. The van der Waals surface area contributed by atoms with Crippen LogP contribution in [0.3, 0.4) is 0 Å². The van der Waals surface area contributed by atoms with Crippen molar-refractivity contribution in [2.45, 2.75) is 34.2 Å². The van der Waals surface area contributed by atoms with Crippen LogP contribution in [0.5, 0.6) is 0 Å². The van der Waals surface area contributed by atoms with Crippen molar-refractivity contribution in [2.24, 2.45) is 5.73 Å². The highest BCUT2D eigenvalue weighted by molar-refractivity contribution is 9.10. The van der Waals surface area contributed by atoms with Crippen molar-refractivity contribution in [1.29, 1.82) is 0 Å². The molecule has 0 spiro atoms. The van der Waals surface area contributed by atoms with E-state index in [-0.39, 0.29) is 5.91 Å². The maximum absolute atomic E-state index is 12.8. The van der Waals surface area contributed by atoms with Crippen LogP contribution in [0.25, 0.3) is 10.9 Å². The van der Waals surface area contributed by atoms with Gasteiger partial charge in [0, 0.05) is 28.9 Å². The lowest BCUT2D eigenvalue weighted by Gasteiger charge is -2.10. The Bertz CT molecular complexity index is 995. The summed E-state index contributed by atoms with van der Waals surface area (Å²) in [7, 11) is 0. The Kier molecular flexibility index (Phi) is 6.74. The summed E-state index contributed by atoms with van der Waals surface area (Å²) in [4.78, 5) is 28.6. The van der Waals surface area contributed by atoms with Gasteiger partial charge in [-0.3, -0.25) is 9.59 Å². The molecular weight excluding hydrogens is 408 g/mol. The van der Waals surface area contributed by atoms with Gasteiger partial charge in [0.15, 0.2) is 5.69 Å². The summed E-state index contributed by atoms with van der Waals surface area (Å²) in [5.74, 6) is -0.883. The van der Waals surface area contributed by atoms with Crippen molar-refractivity contribution in [2.75, 3.05) is 5.32 Å². The van der Waals surface area contributed by atoms with E-state index >= 15 is 0 Å². The fourth-order valence-corrected chi connectivity index (χ4v) is 3.48. The van der Waals surface area contributed by atoms with Gasteiger partial charge in [0.25, 0.3) is 5.91 Å². The Labute approximate surface area is 166 Å². The normalized spacial score (nSPS) is 10.3. The van der Waals surface area contributed by atoms with E-state index in [0.717, 1.165) is 21.2 Å². The number of anilines is 1. The first-order chi connectivity index (χ1) is 12.9. The molecule has 7 heteroatoms. The second-order valence-corrected chi connectivity index (χ2v) is 6.47.